The summed E-state index contributed by atoms with van der Waals surface area (Å²) in [7, 11) is 6.20. The number of ether oxygens (including phenoxy) is 4. The Balaban J connectivity index is 2.37. The number of carbonyl (C=O) groups excluding carboxylic acids is 1. The molecule has 0 saturated carbocycles. The maximum atomic E-state index is 12.8. The highest BCUT2D eigenvalue weighted by Crippen LogP contribution is 2.36. The molecule has 5 nitrogen and oxygen atoms in total. The van der Waals surface area contributed by atoms with Gasteiger partial charge in [0.1, 0.15) is 0 Å². The van der Waals surface area contributed by atoms with Crippen molar-refractivity contribution >= 4 is 37.6 Å². The normalized spacial score (nSPS) is 10.3. The summed E-state index contributed by atoms with van der Waals surface area (Å²) in [6.07, 6.45) is 0.190. The Morgan fingerprint density at radius 2 is 1.20 bits per heavy atom. The monoisotopic (exact) mass is 472 g/mol. The van der Waals surface area contributed by atoms with Crippen LogP contribution in [0.3, 0.4) is 0 Å². The van der Waals surface area contributed by atoms with Crippen LogP contribution in [0.2, 0.25) is 0 Å². The summed E-state index contributed by atoms with van der Waals surface area (Å²) < 4.78 is 22.5. The Hall–Kier alpha value is -1.73. The van der Waals surface area contributed by atoms with E-state index in [0.717, 1.165) is 10.0 Å². The molecular formula is C18H18Br2O5. The van der Waals surface area contributed by atoms with Crippen molar-refractivity contribution in [2.45, 2.75) is 6.42 Å². The zero-order chi connectivity index (χ0) is 18.6. The van der Waals surface area contributed by atoms with Crippen LogP contribution in [0.4, 0.5) is 0 Å². The molecule has 25 heavy (non-hydrogen) atoms. The molecule has 0 unspecified atom stereocenters. The predicted octanol–water partition coefficient (Wildman–Crippen LogP) is 4.67. The number of methoxy groups -OCH3 is 4. The van der Waals surface area contributed by atoms with Gasteiger partial charge in [-0.3, -0.25) is 4.79 Å². The van der Waals surface area contributed by atoms with Crippen LogP contribution in [0, 0.1) is 0 Å². The average molecular weight is 474 g/mol. The van der Waals surface area contributed by atoms with Gasteiger partial charge >= 0.3 is 0 Å². The molecule has 2 aromatic rings. The Morgan fingerprint density at radius 1 is 0.760 bits per heavy atom. The van der Waals surface area contributed by atoms with E-state index in [4.69, 9.17) is 18.9 Å². The highest BCUT2D eigenvalue weighted by atomic mass is 79.9. The van der Waals surface area contributed by atoms with Crippen LogP contribution >= 0.6 is 31.9 Å². The van der Waals surface area contributed by atoms with Crippen molar-refractivity contribution in [3.8, 4) is 23.0 Å². The van der Waals surface area contributed by atoms with Gasteiger partial charge in [-0.2, -0.15) is 0 Å². The summed E-state index contributed by atoms with van der Waals surface area (Å²) in [4.78, 5) is 12.8. The summed E-state index contributed by atoms with van der Waals surface area (Å²) in [5, 5.41) is 0. The molecular weight excluding hydrogens is 456 g/mol. The van der Waals surface area contributed by atoms with E-state index >= 15 is 0 Å². The second-order valence-electron chi connectivity index (χ2n) is 5.09. The standard InChI is InChI=1S/C18H18Br2O5/c1-22-15-6-10(12(19)8-17(15)24-3)5-14(21)11-7-16(23-2)18(25-4)9-13(11)20/h6-9H,5H2,1-4H3. The van der Waals surface area contributed by atoms with Crippen LogP contribution in [-0.2, 0) is 6.42 Å². The highest BCUT2D eigenvalue weighted by molar-refractivity contribution is 9.10. The van der Waals surface area contributed by atoms with E-state index in [0.29, 0.717) is 33.0 Å². The second kappa shape index (κ2) is 8.58. The second-order valence-corrected chi connectivity index (χ2v) is 6.79. The fourth-order valence-corrected chi connectivity index (χ4v) is 3.37. The number of ketones is 1. The van der Waals surface area contributed by atoms with Gasteiger partial charge in [0.05, 0.1) is 28.4 Å². The summed E-state index contributed by atoms with van der Waals surface area (Å²) in [5.41, 5.74) is 1.31. The largest absolute Gasteiger partial charge is 0.493 e. The van der Waals surface area contributed by atoms with Crippen molar-refractivity contribution < 1.29 is 23.7 Å². The molecule has 0 spiro atoms. The minimum absolute atomic E-state index is 0.0688. The van der Waals surface area contributed by atoms with Crippen molar-refractivity contribution in [1.82, 2.24) is 0 Å². The molecule has 0 heterocycles. The zero-order valence-corrected chi connectivity index (χ0v) is 17.5. The maximum absolute atomic E-state index is 12.8. The van der Waals surface area contributed by atoms with Crippen molar-refractivity contribution in [1.29, 1.82) is 0 Å². The third-order valence-electron chi connectivity index (χ3n) is 3.68. The van der Waals surface area contributed by atoms with Crippen LogP contribution in [0.5, 0.6) is 23.0 Å². The van der Waals surface area contributed by atoms with Gasteiger partial charge in [-0.15, -0.1) is 0 Å². The van der Waals surface area contributed by atoms with E-state index in [1.54, 1.807) is 45.6 Å². The molecule has 0 aromatic heterocycles. The molecule has 2 rings (SSSR count). The Morgan fingerprint density at radius 3 is 1.72 bits per heavy atom. The lowest BCUT2D eigenvalue weighted by Gasteiger charge is -2.13. The smallest absolute Gasteiger partial charge is 0.168 e. The SMILES string of the molecule is COc1cc(Br)c(CC(=O)c2cc(OC)c(OC)cc2Br)cc1OC. The topological polar surface area (TPSA) is 54.0 Å². The number of hydrogen-bond acceptors (Lipinski definition) is 5. The molecule has 0 saturated heterocycles. The van der Waals surface area contributed by atoms with E-state index in [-0.39, 0.29) is 12.2 Å². The van der Waals surface area contributed by atoms with Crippen LogP contribution in [0.15, 0.2) is 33.2 Å². The first kappa shape index (κ1) is 19.6. The molecule has 0 amide bonds. The van der Waals surface area contributed by atoms with E-state index in [9.17, 15) is 4.79 Å². The minimum Gasteiger partial charge on any atom is -0.493 e. The van der Waals surface area contributed by atoms with Crippen LogP contribution in [0.1, 0.15) is 15.9 Å². The lowest BCUT2D eigenvalue weighted by molar-refractivity contribution is 0.0991. The third kappa shape index (κ3) is 4.27. The third-order valence-corrected chi connectivity index (χ3v) is 5.07. The number of hydrogen-bond donors (Lipinski definition) is 0. The zero-order valence-electron chi connectivity index (χ0n) is 14.3. The van der Waals surface area contributed by atoms with Gasteiger partial charge in [0.15, 0.2) is 28.8 Å². The van der Waals surface area contributed by atoms with Crippen molar-refractivity contribution in [3.05, 3.63) is 44.3 Å². The van der Waals surface area contributed by atoms with Gasteiger partial charge in [-0.25, -0.2) is 0 Å². The summed E-state index contributed by atoms with van der Waals surface area (Å²) in [6, 6.07) is 6.95. The summed E-state index contributed by atoms with van der Waals surface area (Å²) >= 11 is 6.90. The Labute approximate surface area is 163 Å². The average Bonchev–Trinajstić information content (AvgIpc) is 2.62. The fraction of sp³-hybridized carbons (Fsp3) is 0.278. The van der Waals surface area contributed by atoms with Crippen molar-refractivity contribution in [2.24, 2.45) is 0 Å². The quantitative estimate of drug-likeness (QED) is 0.547. The van der Waals surface area contributed by atoms with Gasteiger partial charge in [0.2, 0.25) is 0 Å². The van der Waals surface area contributed by atoms with E-state index < -0.39 is 0 Å². The van der Waals surface area contributed by atoms with Crippen molar-refractivity contribution in [2.75, 3.05) is 28.4 Å². The molecule has 2 aromatic carbocycles. The lowest BCUT2D eigenvalue weighted by Crippen LogP contribution is -2.07. The Kier molecular flexibility index (Phi) is 6.72. The lowest BCUT2D eigenvalue weighted by atomic mass is 10.0. The molecule has 0 aliphatic heterocycles. The van der Waals surface area contributed by atoms with E-state index in [1.807, 2.05) is 0 Å². The minimum atomic E-state index is -0.0688. The molecule has 0 bridgehead atoms. The van der Waals surface area contributed by atoms with Gasteiger partial charge in [-0.05, 0) is 45.8 Å². The van der Waals surface area contributed by atoms with E-state index in [1.165, 1.54) is 7.11 Å². The fourth-order valence-electron chi connectivity index (χ4n) is 2.37. The van der Waals surface area contributed by atoms with Gasteiger partial charge in [0.25, 0.3) is 0 Å². The summed E-state index contributed by atoms with van der Waals surface area (Å²) in [6.45, 7) is 0. The maximum Gasteiger partial charge on any atom is 0.168 e. The van der Waals surface area contributed by atoms with Crippen molar-refractivity contribution in [3.63, 3.8) is 0 Å². The molecule has 0 aliphatic carbocycles. The van der Waals surface area contributed by atoms with E-state index in [2.05, 4.69) is 31.9 Å². The van der Waals surface area contributed by atoms with Gasteiger partial charge < -0.3 is 18.9 Å². The molecule has 0 fully saturated rings. The molecule has 0 N–H and O–H groups in total. The number of carbonyl (C=O) groups is 1. The van der Waals surface area contributed by atoms with Gasteiger partial charge in [0, 0.05) is 20.9 Å². The van der Waals surface area contributed by atoms with Gasteiger partial charge in [-0.1, -0.05) is 15.9 Å². The predicted molar refractivity (Wildman–Crippen MR) is 103 cm³/mol. The first-order valence-corrected chi connectivity index (χ1v) is 8.88. The molecule has 0 atom stereocenters. The number of benzene rings is 2. The number of Topliss-reactive ketones (excluding diaryl/α,β-unsaturated/α-hetero) is 1. The first-order chi connectivity index (χ1) is 11.9. The molecule has 0 radical (unpaired) electrons. The van der Waals surface area contributed by atoms with Crippen LogP contribution in [-0.4, -0.2) is 34.2 Å². The molecule has 0 aliphatic rings. The number of rotatable bonds is 7. The Bertz CT molecular complexity index is 790. The summed E-state index contributed by atoms with van der Waals surface area (Å²) in [5.74, 6) is 2.15. The number of halogens is 2. The van der Waals surface area contributed by atoms with Crippen LogP contribution in [0.25, 0.3) is 0 Å². The molecule has 134 valence electrons. The molecule has 7 heteroatoms. The highest BCUT2D eigenvalue weighted by Gasteiger charge is 2.18. The first-order valence-electron chi connectivity index (χ1n) is 7.30. The van der Waals surface area contributed by atoms with Crippen LogP contribution < -0.4 is 18.9 Å².